The smallest absolute Gasteiger partial charge is 0.322 e. The largest absolute Gasteiger partial charge is 0.463 e. The van der Waals surface area contributed by atoms with Crippen LogP contribution in [0.2, 0.25) is 5.28 Å². The average Bonchev–Trinajstić information content (AvgIpc) is 2.35. The highest BCUT2D eigenvalue weighted by Gasteiger charge is 2.06. The number of nitrogens with one attached hydrogen (secondary N) is 1. The zero-order chi connectivity index (χ0) is 13.4. The summed E-state index contributed by atoms with van der Waals surface area (Å²) in [6, 6.07) is 0.275. The molecule has 0 spiro atoms. The molecule has 0 fully saturated rings. The monoisotopic (exact) mass is 290 g/mol. The number of hydrogen-bond donors (Lipinski definition) is 1. The molecule has 1 unspecified atom stereocenters. The van der Waals surface area contributed by atoms with Crippen molar-refractivity contribution < 1.29 is 4.74 Å². The van der Waals surface area contributed by atoms with Gasteiger partial charge >= 0.3 is 6.01 Å². The van der Waals surface area contributed by atoms with E-state index >= 15 is 0 Å². The lowest BCUT2D eigenvalue weighted by molar-refractivity contribution is 0.291. The van der Waals surface area contributed by atoms with Gasteiger partial charge in [0.25, 0.3) is 0 Å². The first kappa shape index (κ1) is 15.3. The molecule has 0 aliphatic carbocycles. The van der Waals surface area contributed by atoms with Gasteiger partial charge in [-0.25, -0.2) is 0 Å². The highest BCUT2D eigenvalue weighted by molar-refractivity contribution is 7.99. The van der Waals surface area contributed by atoms with E-state index in [-0.39, 0.29) is 11.3 Å². The number of anilines is 1. The van der Waals surface area contributed by atoms with Gasteiger partial charge in [0.1, 0.15) is 0 Å². The number of hydrogen-bond acceptors (Lipinski definition) is 6. The summed E-state index contributed by atoms with van der Waals surface area (Å²) in [7, 11) is 0. The molecule has 1 aromatic heterocycles. The summed E-state index contributed by atoms with van der Waals surface area (Å²) in [5.41, 5.74) is 0. The van der Waals surface area contributed by atoms with Crippen molar-refractivity contribution in [3.63, 3.8) is 0 Å². The second-order valence-corrected chi connectivity index (χ2v) is 5.44. The van der Waals surface area contributed by atoms with E-state index in [0.717, 1.165) is 19.4 Å². The van der Waals surface area contributed by atoms with Gasteiger partial charge in [0.2, 0.25) is 11.2 Å². The van der Waals surface area contributed by atoms with Gasteiger partial charge in [-0.3, -0.25) is 0 Å². The number of thioether (sulfide) groups is 1. The Morgan fingerprint density at radius 1 is 1.39 bits per heavy atom. The summed E-state index contributed by atoms with van der Waals surface area (Å²) in [5, 5.41) is 3.88. The molecule has 1 aromatic rings. The first-order chi connectivity index (χ1) is 8.65. The van der Waals surface area contributed by atoms with Crippen molar-refractivity contribution in [2.24, 2.45) is 0 Å². The van der Waals surface area contributed by atoms with Gasteiger partial charge in [-0.1, -0.05) is 13.8 Å². The second kappa shape index (κ2) is 8.37. The van der Waals surface area contributed by atoms with Crippen molar-refractivity contribution >= 4 is 29.3 Å². The number of ether oxygens (including phenoxy) is 1. The van der Waals surface area contributed by atoms with Crippen LogP contribution in [0, 0.1) is 0 Å². The molecule has 1 atom stereocenters. The number of nitrogens with zero attached hydrogens (tertiary/aromatic N) is 3. The van der Waals surface area contributed by atoms with Crippen LogP contribution < -0.4 is 10.1 Å². The fraction of sp³-hybridized carbons (Fsp3) is 0.727. The van der Waals surface area contributed by atoms with E-state index in [1.54, 1.807) is 0 Å². The molecular formula is C11H19ClN4OS. The van der Waals surface area contributed by atoms with Crippen molar-refractivity contribution in [3.05, 3.63) is 5.28 Å². The van der Waals surface area contributed by atoms with Gasteiger partial charge in [-0.05, 0) is 30.7 Å². The predicted molar refractivity (Wildman–Crippen MR) is 76.7 cm³/mol. The minimum absolute atomic E-state index is 0.150. The second-order valence-electron chi connectivity index (χ2n) is 3.82. The Labute approximate surface area is 117 Å². The summed E-state index contributed by atoms with van der Waals surface area (Å²) in [4.78, 5) is 12.1. The van der Waals surface area contributed by atoms with Crippen LogP contribution >= 0.6 is 23.4 Å². The Kier molecular flexibility index (Phi) is 7.12. The van der Waals surface area contributed by atoms with E-state index in [4.69, 9.17) is 16.3 Å². The number of aromatic nitrogens is 3. The third-order valence-electron chi connectivity index (χ3n) is 2.26. The Morgan fingerprint density at radius 3 is 2.83 bits per heavy atom. The molecule has 0 aromatic carbocycles. The minimum atomic E-state index is 0.150. The maximum absolute atomic E-state index is 5.81. The van der Waals surface area contributed by atoms with Crippen molar-refractivity contribution in [1.29, 1.82) is 0 Å². The molecule has 0 bridgehead atoms. The van der Waals surface area contributed by atoms with E-state index in [1.165, 1.54) is 0 Å². The molecule has 0 aliphatic heterocycles. The van der Waals surface area contributed by atoms with Gasteiger partial charge in [0, 0.05) is 11.8 Å². The van der Waals surface area contributed by atoms with E-state index in [0.29, 0.717) is 17.8 Å². The third-order valence-corrected chi connectivity index (χ3v) is 3.47. The van der Waals surface area contributed by atoms with E-state index in [2.05, 4.69) is 33.4 Å². The van der Waals surface area contributed by atoms with Gasteiger partial charge in [0.05, 0.1) is 6.61 Å². The van der Waals surface area contributed by atoms with E-state index in [1.807, 2.05) is 18.7 Å². The highest BCUT2D eigenvalue weighted by atomic mass is 35.5. The lowest BCUT2D eigenvalue weighted by atomic mass is 10.3. The SMILES string of the molecule is CCCOc1nc(Cl)nc(NCCC(C)SC)n1. The molecule has 0 aliphatic rings. The van der Waals surface area contributed by atoms with Crippen molar-refractivity contribution in [2.75, 3.05) is 24.7 Å². The van der Waals surface area contributed by atoms with Gasteiger partial charge in [0.15, 0.2) is 0 Å². The number of rotatable bonds is 8. The summed E-state index contributed by atoms with van der Waals surface area (Å²) >= 11 is 7.64. The van der Waals surface area contributed by atoms with Crippen LogP contribution in [-0.2, 0) is 0 Å². The highest BCUT2D eigenvalue weighted by Crippen LogP contribution is 2.13. The fourth-order valence-corrected chi connectivity index (χ4v) is 1.68. The summed E-state index contributed by atoms with van der Waals surface area (Å²) < 4.78 is 5.33. The third kappa shape index (κ3) is 5.73. The molecule has 1 rings (SSSR count). The first-order valence-electron chi connectivity index (χ1n) is 5.96. The molecule has 0 saturated carbocycles. The maximum Gasteiger partial charge on any atom is 0.322 e. The molecule has 1 N–H and O–H groups in total. The molecule has 0 radical (unpaired) electrons. The molecule has 0 amide bonds. The molecule has 1 heterocycles. The standard InChI is InChI=1S/C11H19ClN4OS/c1-4-7-17-11-15-9(12)14-10(16-11)13-6-5-8(2)18-3/h8H,4-7H2,1-3H3,(H,13,14,15,16). The predicted octanol–water partition coefficient (Wildman–Crippen LogP) is 2.87. The van der Waals surface area contributed by atoms with Crippen LogP contribution in [0.15, 0.2) is 0 Å². The van der Waals surface area contributed by atoms with Gasteiger partial charge in [-0.2, -0.15) is 26.7 Å². The van der Waals surface area contributed by atoms with Crippen LogP contribution in [0.4, 0.5) is 5.95 Å². The summed E-state index contributed by atoms with van der Waals surface area (Å²) in [6.45, 7) is 5.58. The quantitative estimate of drug-likeness (QED) is 0.794. The molecular weight excluding hydrogens is 272 g/mol. The molecule has 102 valence electrons. The van der Waals surface area contributed by atoms with Crippen LogP contribution in [0.1, 0.15) is 26.7 Å². The fourth-order valence-electron chi connectivity index (χ4n) is 1.17. The van der Waals surface area contributed by atoms with Crippen molar-refractivity contribution in [3.8, 4) is 6.01 Å². The normalized spacial score (nSPS) is 12.2. The average molecular weight is 291 g/mol. The van der Waals surface area contributed by atoms with Gasteiger partial charge < -0.3 is 10.1 Å². The van der Waals surface area contributed by atoms with Crippen LogP contribution in [0.5, 0.6) is 6.01 Å². The Balaban J connectivity index is 2.51. The molecule has 7 heteroatoms. The van der Waals surface area contributed by atoms with Crippen LogP contribution in [0.3, 0.4) is 0 Å². The van der Waals surface area contributed by atoms with Crippen LogP contribution in [0.25, 0.3) is 0 Å². The Hall–Kier alpha value is -0.750. The van der Waals surface area contributed by atoms with Gasteiger partial charge in [-0.15, -0.1) is 0 Å². The Morgan fingerprint density at radius 2 is 2.17 bits per heavy atom. The molecule has 0 saturated heterocycles. The zero-order valence-electron chi connectivity index (χ0n) is 10.9. The lowest BCUT2D eigenvalue weighted by Gasteiger charge is -2.09. The van der Waals surface area contributed by atoms with Crippen molar-refractivity contribution in [2.45, 2.75) is 31.9 Å². The lowest BCUT2D eigenvalue weighted by Crippen LogP contribution is -2.11. The van der Waals surface area contributed by atoms with Crippen LogP contribution in [-0.4, -0.2) is 39.6 Å². The molecule has 5 nitrogen and oxygen atoms in total. The summed E-state index contributed by atoms with van der Waals surface area (Å²) in [6.07, 6.45) is 4.04. The summed E-state index contributed by atoms with van der Waals surface area (Å²) in [5.74, 6) is 0.467. The molecule has 18 heavy (non-hydrogen) atoms. The topological polar surface area (TPSA) is 59.9 Å². The Bertz CT molecular complexity index is 367. The van der Waals surface area contributed by atoms with Crippen molar-refractivity contribution in [1.82, 2.24) is 15.0 Å². The number of halogens is 1. The minimum Gasteiger partial charge on any atom is -0.463 e. The zero-order valence-corrected chi connectivity index (χ0v) is 12.5. The maximum atomic E-state index is 5.81. The van der Waals surface area contributed by atoms with E-state index < -0.39 is 0 Å². The van der Waals surface area contributed by atoms with E-state index in [9.17, 15) is 0 Å². The first-order valence-corrected chi connectivity index (χ1v) is 7.63.